The molecule has 0 fully saturated rings. The first-order chi connectivity index (χ1) is 7.69. The number of unbranched alkanes of at least 4 members (excludes halogenated alkanes) is 2. The van der Waals surface area contributed by atoms with Crippen LogP contribution in [0, 0.1) is 0 Å². The fraction of sp³-hybridized carbons (Fsp3) is 0.538. The highest BCUT2D eigenvalue weighted by Gasteiger charge is 2.11. The number of aromatic hydroxyl groups is 1. The molecule has 1 aromatic rings. The van der Waals surface area contributed by atoms with Gasteiger partial charge < -0.3 is 15.6 Å². The number of phenolic OH excluding ortho intramolecular Hbond substituents is 1. The van der Waals surface area contributed by atoms with E-state index in [1.807, 2.05) is 6.07 Å². The van der Waals surface area contributed by atoms with E-state index in [0.717, 1.165) is 24.2 Å². The number of ether oxygens (including phenoxy) is 1. The summed E-state index contributed by atoms with van der Waals surface area (Å²) in [5, 5.41) is 9.72. The third kappa shape index (κ3) is 4.84. The van der Waals surface area contributed by atoms with Crippen molar-refractivity contribution in [3.05, 3.63) is 23.8 Å². The molecular weight excluding hydrogens is 238 g/mol. The van der Waals surface area contributed by atoms with Gasteiger partial charge in [0.05, 0.1) is 7.11 Å². The maximum absolute atomic E-state index is 9.72. The average Bonchev–Trinajstić information content (AvgIpc) is 2.30. The molecule has 1 atom stereocenters. The zero-order valence-electron chi connectivity index (χ0n) is 10.5. The smallest absolute Gasteiger partial charge is 0.120 e. The third-order valence-corrected chi connectivity index (χ3v) is 2.75. The summed E-state index contributed by atoms with van der Waals surface area (Å²) in [6.45, 7) is 2.16. The molecule has 0 saturated carbocycles. The molecule has 0 heterocycles. The highest BCUT2D eigenvalue weighted by Crippen LogP contribution is 2.29. The van der Waals surface area contributed by atoms with Crippen molar-refractivity contribution in [1.29, 1.82) is 0 Å². The van der Waals surface area contributed by atoms with Gasteiger partial charge in [-0.15, -0.1) is 12.4 Å². The Labute approximate surface area is 109 Å². The zero-order chi connectivity index (χ0) is 12.0. The molecule has 0 bridgehead atoms. The van der Waals surface area contributed by atoms with Crippen molar-refractivity contribution in [3.8, 4) is 11.5 Å². The number of benzene rings is 1. The van der Waals surface area contributed by atoms with Gasteiger partial charge in [-0.25, -0.2) is 0 Å². The molecule has 1 rings (SSSR count). The van der Waals surface area contributed by atoms with E-state index < -0.39 is 0 Å². The van der Waals surface area contributed by atoms with Crippen LogP contribution >= 0.6 is 12.4 Å². The summed E-state index contributed by atoms with van der Waals surface area (Å²) in [4.78, 5) is 0. The van der Waals surface area contributed by atoms with Crippen LogP contribution in [-0.4, -0.2) is 12.2 Å². The van der Waals surface area contributed by atoms with Gasteiger partial charge in [-0.2, -0.15) is 0 Å². The van der Waals surface area contributed by atoms with Gasteiger partial charge in [0.25, 0.3) is 0 Å². The second kappa shape index (κ2) is 8.20. The molecule has 1 aromatic carbocycles. The van der Waals surface area contributed by atoms with Crippen LogP contribution < -0.4 is 10.5 Å². The van der Waals surface area contributed by atoms with Gasteiger partial charge in [0.1, 0.15) is 11.5 Å². The molecule has 0 spiro atoms. The fourth-order valence-electron chi connectivity index (χ4n) is 1.73. The van der Waals surface area contributed by atoms with Crippen molar-refractivity contribution < 1.29 is 9.84 Å². The van der Waals surface area contributed by atoms with Crippen LogP contribution in [0.4, 0.5) is 0 Å². The Morgan fingerprint density at radius 2 is 2.06 bits per heavy atom. The Morgan fingerprint density at radius 1 is 1.35 bits per heavy atom. The highest BCUT2D eigenvalue weighted by atomic mass is 35.5. The minimum atomic E-state index is -0.110. The molecule has 0 aliphatic carbocycles. The van der Waals surface area contributed by atoms with Gasteiger partial charge in [-0.3, -0.25) is 0 Å². The Bertz CT molecular complexity index is 331. The van der Waals surface area contributed by atoms with Crippen LogP contribution in [0.1, 0.15) is 44.2 Å². The first kappa shape index (κ1) is 16.1. The molecule has 0 aromatic heterocycles. The summed E-state index contributed by atoms with van der Waals surface area (Å²) in [5.74, 6) is 0.989. The second-order valence-electron chi connectivity index (χ2n) is 4.03. The molecule has 0 amide bonds. The number of hydrogen-bond donors (Lipinski definition) is 2. The van der Waals surface area contributed by atoms with E-state index in [9.17, 15) is 5.11 Å². The molecule has 0 aliphatic heterocycles. The highest BCUT2D eigenvalue weighted by molar-refractivity contribution is 5.85. The van der Waals surface area contributed by atoms with Crippen molar-refractivity contribution in [2.24, 2.45) is 5.73 Å². The molecule has 4 heteroatoms. The Kier molecular flexibility index (Phi) is 7.75. The first-order valence-corrected chi connectivity index (χ1v) is 5.81. The van der Waals surface area contributed by atoms with Gasteiger partial charge in [0.2, 0.25) is 0 Å². The predicted octanol–water partition coefficient (Wildman–Crippen LogP) is 3.40. The molecule has 3 N–H and O–H groups in total. The van der Waals surface area contributed by atoms with Crippen molar-refractivity contribution in [3.63, 3.8) is 0 Å². The van der Waals surface area contributed by atoms with E-state index in [4.69, 9.17) is 10.5 Å². The molecule has 98 valence electrons. The lowest BCUT2D eigenvalue weighted by atomic mass is 10.0. The standard InChI is InChI=1S/C13H21NO2.ClH/c1-3-4-5-6-12(14)11-9-10(16-2)7-8-13(11)15;/h7-9,12,15H,3-6,14H2,1-2H3;1H/t12-;/m0./s1. The van der Waals surface area contributed by atoms with E-state index in [1.54, 1.807) is 19.2 Å². The summed E-state index contributed by atoms with van der Waals surface area (Å²) in [7, 11) is 1.61. The first-order valence-electron chi connectivity index (χ1n) is 5.81. The van der Waals surface area contributed by atoms with E-state index in [1.165, 1.54) is 12.8 Å². The summed E-state index contributed by atoms with van der Waals surface area (Å²) in [6, 6.07) is 5.07. The van der Waals surface area contributed by atoms with Crippen molar-refractivity contribution >= 4 is 12.4 Å². The SMILES string of the molecule is CCCCC[C@H](N)c1cc(OC)ccc1O.Cl. The number of rotatable bonds is 6. The lowest BCUT2D eigenvalue weighted by molar-refractivity contribution is 0.408. The summed E-state index contributed by atoms with van der Waals surface area (Å²) >= 11 is 0. The molecule has 0 saturated heterocycles. The van der Waals surface area contributed by atoms with E-state index in [0.29, 0.717) is 0 Å². The van der Waals surface area contributed by atoms with Gasteiger partial charge in [-0.05, 0) is 24.6 Å². The van der Waals surface area contributed by atoms with Crippen LogP contribution in [0.3, 0.4) is 0 Å². The quantitative estimate of drug-likeness (QED) is 0.770. The minimum absolute atomic E-state index is 0. The average molecular weight is 260 g/mol. The van der Waals surface area contributed by atoms with Crippen molar-refractivity contribution in [2.75, 3.05) is 7.11 Å². The number of phenols is 1. The largest absolute Gasteiger partial charge is 0.508 e. The summed E-state index contributed by atoms with van der Waals surface area (Å²) in [6.07, 6.45) is 4.35. The predicted molar refractivity (Wildman–Crippen MR) is 73.0 cm³/mol. The van der Waals surface area contributed by atoms with E-state index in [-0.39, 0.29) is 24.2 Å². The van der Waals surface area contributed by atoms with Crippen LogP contribution in [0.15, 0.2) is 18.2 Å². The molecule has 17 heavy (non-hydrogen) atoms. The fourth-order valence-corrected chi connectivity index (χ4v) is 1.73. The Balaban J connectivity index is 0.00000256. The van der Waals surface area contributed by atoms with Crippen LogP contribution in [-0.2, 0) is 0 Å². The van der Waals surface area contributed by atoms with E-state index >= 15 is 0 Å². The topological polar surface area (TPSA) is 55.5 Å². The Morgan fingerprint density at radius 3 is 2.65 bits per heavy atom. The number of hydrogen-bond acceptors (Lipinski definition) is 3. The van der Waals surface area contributed by atoms with E-state index in [2.05, 4.69) is 6.92 Å². The van der Waals surface area contributed by atoms with Crippen molar-refractivity contribution in [1.82, 2.24) is 0 Å². The maximum atomic E-state index is 9.72. The maximum Gasteiger partial charge on any atom is 0.120 e. The van der Waals surface area contributed by atoms with Gasteiger partial charge in [-0.1, -0.05) is 26.2 Å². The second-order valence-corrected chi connectivity index (χ2v) is 4.03. The molecule has 0 radical (unpaired) electrons. The third-order valence-electron chi connectivity index (χ3n) is 2.75. The Hall–Kier alpha value is -0.930. The molecule has 0 aliphatic rings. The lowest BCUT2D eigenvalue weighted by Gasteiger charge is -2.14. The van der Waals surface area contributed by atoms with Crippen LogP contribution in [0.25, 0.3) is 0 Å². The van der Waals surface area contributed by atoms with Gasteiger partial charge in [0.15, 0.2) is 0 Å². The van der Waals surface area contributed by atoms with Crippen molar-refractivity contribution in [2.45, 2.75) is 38.6 Å². The molecular formula is C13H22ClNO2. The summed E-state index contributed by atoms with van der Waals surface area (Å²) < 4.78 is 5.12. The minimum Gasteiger partial charge on any atom is -0.508 e. The van der Waals surface area contributed by atoms with Gasteiger partial charge >= 0.3 is 0 Å². The number of nitrogens with two attached hydrogens (primary N) is 1. The molecule has 3 nitrogen and oxygen atoms in total. The van der Waals surface area contributed by atoms with Crippen LogP contribution in [0.2, 0.25) is 0 Å². The lowest BCUT2D eigenvalue weighted by Crippen LogP contribution is -2.10. The number of methoxy groups -OCH3 is 1. The van der Waals surface area contributed by atoms with Crippen LogP contribution in [0.5, 0.6) is 11.5 Å². The van der Waals surface area contributed by atoms with Gasteiger partial charge in [0, 0.05) is 11.6 Å². The monoisotopic (exact) mass is 259 g/mol. The normalized spacial score (nSPS) is 11.7. The molecule has 0 unspecified atom stereocenters. The number of halogens is 1. The summed E-state index contributed by atoms with van der Waals surface area (Å²) in [5.41, 5.74) is 6.82. The zero-order valence-corrected chi connectivity index (χ0v) is 11.3.